The predicted octanol–water partition coefficient (Wildman–Crippen LogP) is 3.86. The molecule has 0 fully saturated rings. The molecule has 0 spiro atoms. The molecular formula is C25H23ClFN9O. The molecule has 0 aliphatic rings. The number of carbonyl (C=O) groups is 1. The molecule has 10 nitrogen and oxygen atoms in total. The summed E-state index contributed by atoms with van der Waals surface area (Å²) in [6, 6.07) is 14.0. The summed E-state index contributed by atoms with van der Waals surface area (Å²) in [6.07, 6.45) is 1.46. The molecule has 12 heteroatoms. The van der Waals surface area contributed by atoms with Gasteiger partial charge in [-0.3, -0.25) is 4.98 Å². The van der Waals surface area contributed by atoms with Crippen molar-refractivity contribution in [3.63, 3.8) is 0 Å². The molecule has 0 aliphatic carbocycles. The number of fused-ring (bicyclic) bond motifs is 1. The lowest BCUT2D eigenvalue weighted by Crippen LogP contribution is -2.36. The molecule has 2 amide bonds. The number of amides is 2. The number of pyridine rings is 1. The second-order valence-electron chi connectivity index (χ2n) is 8.44. The van der Waals surface area contributed by atoms with Crippen molar-refractivity contribution >= 4 is 28.5 Å². The number of nitrogens with one attached hydrogen (secondary N) is 2. The van der Waals surface area contributed by atoms with Gasteiger partial charge in [-0.2, -0.15) is 10.2 Å². The minimum absolute atomic E-state index is 0.0141. The first kappa shape index (κ1) is 24.3. The first-order valence-corrected chi connectivity index (χ1v) is 11.9. The average Bonchev–Trinajstić information content (AvgIpc) is 3.48. The van der Waals surface area contributed by atoms with Gasteiger partial charge in [0.15, 0.2) is 5.82 Å². The van der Waals surface area contributed by atoms with E-state index in [4.69, 9.17) is 11.6 Å². The van der Waals surface area contributed by atoms with Gasteiger partial charge in [-0.1, -0.05) is 23.7 Å². The summed E-state index contributed by atoms with van der Waals surface area (Å²) >= 11 is 5.78. The van der Waals surface area contributed by atoms with Crippen LogP contribution < -0.4 is 10.6 Å². The topological polar surface area (TPSA) is 115 Å². The monoisotopic (exact) mass is 519 g/mol. The van der Waals surface area contributed by atoms with Gasteiger partial charge in [0.25, 0.3) is 0 Å². The minimum atomic E-state index is -0.566. The van der Waals surface area contributed by atoms with Crippen molar-refractivity contribution in [2.45, 2.75) is 33.5 Å². The molecule has 0 saturated carbocycles. The Morgan fingerprint density at radius 2 is 1.81 bits per heavy atom. The number of carbonyl (C=O) groups excluding carboxylic acids is 1. The van der Waals surface area contributed by atoms with Crippen molar-refractivity contribution in [3.8, 4) is 5.69 Å². The number of nitrogens with zero attached hydrogens (tertiary/aromatic N) is 7. The number of aryl methyl sites for hydroxylation is 2. The Labute approximate surface area is 216 Å². The van der Waals surface area contributed by atoms with Crippen molar-refractivity contribution in [1.82, 2.24) is 45.1 Å². The SMILES string of the molecule is Cc1ccc2cc(Cn3ncnc3CNC(=O)NCc3nc(C)nn3-c3ccc(Cl)c(F)c3)ccc2n1. The Balaban J connectivity index is 1.20. The van der Waals surface area contributed by atoms with Gasteiger partial charge in [-0.25, -0.2) is 28.5 Å². The summed E-state index contributed by atoms with van der Waals surface area (Å²) in [5.41, 5.74) is 3.40. The maximum absolute atomic E-state index is 13.9. The number of benzene rings is 2. The van der Waals surface area contributed by atoms with Crippen LogP contribution in [0.1, 0.15) is 28.7 Å². The third kappa shape index (κ3) is 5.56. The number of hydrogen-bond donors (Lipinski definition) is 2. The van der Waals surface area contributed by atoms with Gasteiger partial charge in [-0.05, 0) is 49.7 Å². The fourth-order valence-electron chi connectivity index (χ4n) is 3.88. The van der Waals surface area contributed by atoms with Crippen molar-refractivity contribution in [2.24, 2.45) is 0 Å². The highest BCUT2D eigenvalue weighted by molar-refractivity contribution is 6.30. The molecule has 3 heterocycles. The molecule has 37 heavy (non-hydrogen) atoms. The van der Waals surface area contributed by atoms with Crippen molar-refractivity contribution in [2.75, 3.05) is 0 Å². The summed E-state index contributed by atoms with van der Waals surface area (Å²) in [4.78, 5) is 25.6. The summed E-state index contributed by atoms with van der Waals surface area (Å²) in [5, 5.41) is 15.2. The number of aromatic nitrogens is 7. The minimum Gasteiger partial charge on any atom is -0.331 e. The van der Waals surface area contributed by atoms with E-state index < -0.39 is 11.8 Å². The summed E-state index contributed by atoms with van der Waals surface area (Å²) < 4.78 is 17.1. The van der Waals surface area contributed by atoms with Gasteiger partial charge in [0.05, 0.1) is 35.9 Å². The van der Waals surface area contributed by atoms with E-state index in [1.165, 1.54) is 23.1 Å². The lowest BCUT2D eigenvalue weighted by atomic mass is 10.1. The van der Waals surface area contributed by atoms with E-state index in [1.807, 2.05) is 31.2 Å². The molecule has 3 aromatic heterocycles. The molecule has 0 radical (unpaired) electrons. The van der Waals surface area contributed by atoms with Crippen LogP contribution in [0, 0.1) is 19.7 Å². The molecule has 5 aromatic rings. The van der Waals surface area contributed by atoms with Crippen LogP contribution in [0.25, 0.3) is 16.6 Å². The van der Waals surface area contributed by atoms with Gasteiger partial charge in [0, 0.05) is 17.1 Å². The van der Waals surface area contributed by atoms with E-state index >= 15 is 0 Å². The normalized spacial score (nSPS) is 11.1. The van der Waals surface area contributed by atoms with E-state index in [-0.39, 0.29) is 18.1 Å². The second kappa shape index (κ2) is 10.3. The fourth-order valence-corrected chi connectivity index (χ4v) is 4.00. The molecule has 0 unspecified atom stereocenters. The molecule has 0 atom stereocenters. The fraction of sp³-hybridized carbons (Fsp3) is 0.200. The van der Waals surface area contributed by atoms with Crippen LogP contribution in [0.4, 0.5) is 9.18 Å². The Kier molecular flexibility index (Phi) is 6.78. The smallest absolute Gasteiger partial charge is 0.315 e. The van der Waals surface area contributed by atoms with Crippen LogP contribution in [0.15, 0.2) is 54.9 Å². The third-order valence-corrected chi connectivity index (χ3v) is 5.97. The van der Waals surface area contributed by atoms with Gasteiger partial charge in [-0.15, -0.1) is 0 Å². The van der Waals surface area contributed by atoms with Gasteiger partial charge >= 0.3 is 6.03 Å². The number of hydrogen-bond acceptors (Lipinski definition) is 6. The predicted molar refractivity (Wildman–Crippen MR) is 136 cm³/mol. The zero-order chi connectivity index (χ0) is 25.9. The van der Waals surface area contributed by atoms with Gasteiger partial charge in [0.1, 0.15) is 23.8 Å². The number of rotatable bonds is 7. The lowest BCUT2D eigenvalue weighted by molar-refractivity contribution is 0.239. The first-order chi connectivity index (χ1) is 17.9. The quantitative estimate of drug-likeness (QED) is 0.337. The molecule has 5 rings (SSSR count). The zero-order valence-electron chi connectivity index (χ0n) is 20.1. The summed E-state index contributed by atoms with van der Waals surface area (Å²) in [7, 11) is 0. The highest BCUT2D eigenvalue weighted by Crippen LogP contribution is 2.19. The van der Waals surface area contributed by atoms with Crippen LogP contribution in [0.5, 0.6) is 0 Å². The van der Waals surface area contributed by atoms with E-state index in [0.29, 0.717) is 29.7 Å². The van der Waals surface area contributed by atoms with Crippen LogP contribution in [-0.2, 0) is 19.6 Å². The van der Waals surface area contributed by atoms with E-state index in [9.17, 15) is 9.18 Å². The number of halogens is 2. The third-order valence-electron chi connectivity index (χ3n) is 5.66. The molecule has 0 aliphatic heterocycles. The molecular weight excluding hydrogens is 497 g/mol. The summed E-state index contributed by atoms with van der Waals surface area (Å²) in [5.74, 6) is 0.968. The highest BCUT2D eigenvalue weighted by atomic mass is 35.5. The molecule has 0 bridgehead atoms. The van der Waals surface area contributed by atoms with E-state index in [0.717, 1.165) is 22.2 Å². The highest BCUT2D eigenvalue weighted by Gasteiger charge is 2.13. The van der Waals surface area contributed by atoms with Crippen LogP contribution in [0.2, 0.25) is 5.02 Å². The zero-order valence-corrected chi connectivity index (χ0v) is 20.9. The van der Waals surface area contributed by atoms with E-state index in [2.05, 4.69) is 41.8 Å². The van der Waals surface area contributed by atoms with Crippen LogP contribution in [-0.4, -0.2) is 40.5 Å². The Morgan fingerprint density at radius 1 is 1.00 bits per heavy atom. The van der Waals surface area contributed by atoms with Crippen molar-refractivity contribution < 1.29 is 9.18 Å². The van der Waals surface area contributed by atoms with Gasteiger partial charge < -0.3 is 10.6 Å². The standard InChI is InChI=1S/C25H23ClFN9O/c1-15-3-5-18-9-17(4-8-22(18)32-15)13-35-23(30-14-31-35)11-28-25(37)29-12-24-33-16(2)34-36(24)19-6-7-20(26)21(27)10-19/h3-10,14H,11-13H2,1-2H3,(H2,28,29,37). The Bertz CT molecular complexity index is 1600. The van der Waals surface area contributed by atoms with Crippen LogP contribution >= 0.6 is 11.6 Å². The first-order valence-electron chi connectivity index (χ1n) is 11.5. The average molecular weight is 520 g/mol. The van der Waals surface area contributed by atoms with Crippen LogP contribution in [0.3, 0.4) is 0 Å². The maximum Gasteiger partial charge on any atom is 0.315 e. The molecule has 2 N–H and O–H groups in total. The summed E-state index contributed by atoms with van der Waals surface area (Å²) in [6.45, 7) is 4.43. The lowest BCUT2D eigenvalue weighted by Gasteiger charge is -2.10. The molecule has 2 aromatic carbocycles. The number of urea groups is 1. The van der Waals surface area contributed by atoms with E-state index in [1.54, 1.807) is 17.7 Å². The van der Waals surface area contributed by atoms with Gasteiger partial charge in [0.2, 0.25) is 0 Å². The molecule has 0 saturated heterocycles. The van der Waals surface area contributed by atoms with Crippen molar-refractivity contribution in [1.29, 1.82) is 0 Å². The molecule has 188 valence electrons. The second-order valence-corrected chi connectivity index (χ2v) is 8.84. The Morgan fingerprint density at radius 3 is 2.62 bits per heavy atom. The van der Waals surface area contributed by atoms with Crippen molar-refractivity contribution in [3.05, 3.63) is 94.4 Å². The largest absolute Gasteiger partial charge is 0.331 e. The Hall–Kier alpha value is -4.38. The maximum atomic E-state index is 13.9.